The molecule has 4 heavy (non-hydrogen) atoms. The Morgan fingerprint density at radius 2 is 2.00 bits per heavy atom. The molecule has 0 aliphatic carbocycles. The highest BCUT2D eigenvalue weighted by molar-refractivity contribution is 4.38. The zero-order valence-electron chi connectivity index (χ0n) is 2.24. The van der Waals surface area contributed by atoms with Gasteiger partial charge in [0.1, 0.15) is 6.30 Å². The third kappa shape index (κ3) is 124. The predicted molar refractivity (Wildman–Crippen MR) is 14.4 cm³/mol. The average Bonchev–Trinajstić information content (AvgIpc) is 0.811. The maximum atomic E-state index is 10.7. The molecule has 0 spiro atoms. The number of nitrogens with two attached hydrogens (primary N) is 1. The zero-order valence-corrected chi connectivity index (χ0v) is 2.24. The highest BCUT2D eigenvalue weighted by atomic mass is 19.1. The molecule has 0 fully saturated rings. The molecule has 0 saturated carbocycles. The van der Waals surface area contributed by atoms with Crippen molar-refractivity contribution in [2.24, 2.45) is 5.73 Å². The Balaban J connectivity index is 2.32. The van der Waals surface area contributed by atoms with Crippen LogP contribution in [0.5, 0.6) is 0 Å². The van der Waals surface area contributed by atoms with Crippen LogP contribution in [0.3, 0.4) is 0 Å². The summed E-state index contributed by atoms with van der Waals surface area (Å²) < 4.78 is 10.7. The predicted octanol–water partition coefficient (Wildman–Crippen LogP) is 0.0748. The second kappa shape index (κ2) is 1.24. The maximum Gasteiger partial charge on any atom is 0.148 e. The number of alkyl halides is 1. The lowest BCUT2D eigenvalue weighted by atomic mass is 10.8. The van der Waals surface area contributed by atoms with E-state index in [4.69, 9.17) is 0 Å². The molecule has 25 valence electrons. The van der Waals surface area contributed by atoms with Crippen LogP contribution < -0.4 is 5.73 Å². The SMILES string of the molecule is [CH2]C(N)F. The van der Waals surface area contributed by atoms with Crippen molar-refractivity contribution in [3.63, 3.8) is 0 Å². The first kappa shape index (κ1) is 3.89. The molecule has 0 bridgehead atoms. The van der Waals surface area contributed by atoms with Crippen LogP contribution in [-0.2, 0) is 0 Å². The molecule has 0 saturated heterocycles. The third-order valence-electron chi connectivity index (χ3n) is 0. The Morgan fingerprint density at radius 1 is 2.00 bits per heavy atom. The molecule has 0 aliphatic heterocycles. The Bertz CT molecular complexity index is 10.8. The van der Waals surface area contributed by atoms with Gasteiger partial charge in [-0.3, -0.25) is 0 Å². The maximum absolute atomic E-state index is 10.7. The molecule has 0 aromatic rings. The Morgan fingerprint density at radius 3 is 2.00 bits per heavy atom. The van der Waals surface area contributed by atoms with E-state index in [0.29, 0.717) is 0 Å². The Labute approximate surface area is 24.6 Å². The van der Waals surface area contributed by atoms with Crippen LogP contribution in [0.25, 0.3) is 0 Å². The van der Waals surface area contributed by atoms with Gasteiger partial charge in [-0.1, -0.05) is 0 Å². The van der Waals surface area contributed by atoms with Crippen LogP contribution in [0.2, 0.25) is 0 Å². The van der Waals surface area contributed by atoms with Crippen LogP contribution in [0, 0.1) is 6.92 Å². The van der Waals surface area contributed by atoms with E-state index in [0.717, 1.165) is 0 Å². The monoisotopic (exact) mass is 62.0 g/mol. The number of rotatable bonds is 0. The highest BCUT2D eigenvalue weighted by Gasteiger charge is 1.73. The lowest BCUT2D eigenvalue weighted by molar-refractivity contribution is 0.410. The van der Waals surface area contributed by atoms with E-state index in [1.165, 1.54) is 0 Å². The van der Waals surface area contributed by atoms with E-state index in [-0.39, 0.29) is 0 Å². The van der Waals surface area contributed by atoms with E-state index in [9.17, 15) is 4.39 Å². The van der Waals surface area contributed by atoms with Gasteiger partial charge in [0, 0.05) is 0 Å². The van der Waals surface area contributed by atoms with Crippen molar-refractivity contribution in [1.29, 1.82) is 0 Å². The Hall–Kier alpha value is -0.110. The summed E-state index contributed by atoms with van der Waals surface area (Å²) in [6, 6.07) is 0. The average molecular weight is 62.1 g/mol. The zero-order chi connectivity index (χ0) is 3.58. The molecule has 1 atom stereocenters. The molecule has 0 rings (SSSR count). The molecule has 1 unspecified atom stereocenters. The normalized spacial score (nSPS) is 15.8. The van der Waals surface area contributed by atoms with E-state index in [1.807, 2.05) is 0 Å². The lowest BCUT2D eigenvalue weighted by Gasteiger charge is -1.76. The molecular weight excluding hydrogens is 57.0 g/mol. The number of hydrogen-bond donors (Lipinski definition) is 1. The molecule has 2 heteroatoms. The third-order valence-corrected chi connectivity index (χ3v) is 0. The van der Waals surface area contributed by atoms with Gasteiger partial charge >= 0.3 is 0 Å². The molecule has 0 aromatic heterocycles. The molecule has 2 N–H and O–H groups in total. The second-order valence-corrected chi connectivity index (χ2v) is 0.516. The van der Waals surface area contributed by atoms with Crippen LogP contribution in [0.1, 0.15) is 0 Å². The minimum Gasteiger partial charge on any atom is -0.302 e. The van der Waals surface area contributed by atoms with Gasteiger partial charge in [-0.25, -0.2) is 4.39 Å². The van der Waals surface area contributed by atoms with E-state index in [2.05, 4.69) is 12.7 Å². The van der Waals surface area contributed by atoms with Gasteiger partial charge < -0.3 is 5.73 Å². The first-order valence-corrected chi connectivity index (χ1v) is 0.960. The van der Waals surface area contributed by atoms with E-state index < -0.39 is 6.30 Å². The van der Waals surface area contributed by atoms with Crippen molar-refractivity contribution in [2.45, 2.75) is 6.30 Å². The second-order valence-electron chi connectivity index (χ2n) is 0.516. The van der Waals surface area contributed by atoms with Crippen LogP contribution in [0.15, 0.2) is 0 Å². The fourth-order valence-corrected chi connectivity index (χ4v) is 0. The van der Waals surface area contributed by atoms with E-state index >= 15 is 0 Å². The minimum atomic E-state index is -1.42. The van der Waals surface area contributed by atoms with Crippen LogP contribution in [0.4, 0.5) is 4.39 Å². The van der Waals surface area contributed by atoms with Crippen molar-refractivity contribution in [3.05, 3.63) is 6.92 Å². The molecule has 0 heterocycles. The molecular formula is C2H5FN. The van der Waals surface area contributed by atoms with Gasteiger partial charge in [-0.2, -0.15) is 0 Å². The summed E-state index contributed by atoms with van der Waals surface area (Å²) in [4.78, 5) is 0. The summed E-state index contributed by atoms with van der Waals surface area (Å²) in [6.45, 7) is 2.75. The van der Waals surface area contributed by atoms with Crippen molar-refractivity contribution in [3.8, 4) is 0 Å². The number of halogens is 1. The van der Waals surface area contributed by atoms with Crippen LogP contribution >= 0.6 is 0 Å². The molecule has 1 nitrogen and oxygen atoms in total. The van der Waals surface area contributed by atoms with Gasteiger partial charge in [-0.15, -0.1) is 0 Å². The van der Waals surface area contributed by atoms with Crippen molar-refractivity contribution < 1.29 is 4.39 Å². The quantitative estimate of drug-likeness (QED) is 0.395. The fraction of sp³-hybridized carbons (Fsp3) is 0.500. The molecule has 0 aliphatic rings. The lowest BCUT2D eigenvalue weighted by Crippen LogP contribution is -2.05. The summed E-state index contributed by atoms with van der Waals surface area (Å²) in [5, 5.41) is 0. The smallest absolute Gasteiger partial charge is 0.148 e. The van der Waals surface area contributed by atoms with Crippen molar-refractivity contribution in [1.82, 2.24) is 0 Å². The topological polar surface area (TPSA) is 26.0 Å². The summed E-state index contributed by atoms with van der Waals surface area (Å²) in [5.74, 6) is 0. The first-order valence-electron chi connectivity index (χ1n) is 0.960. The summed E-state index contributed by atoms with van der Waals surface area (Å²) >= 11 is 0. The Kier molecular flexibility index (Phi) is 1.20. The van der Waals surface area contributed by atoms with Gasteiger partial charge in [0.25, 0.3) is 0 Å². The molecule has 0 aromatic carbocycles. The van der Waals surface area contributed by atoms with Gasteiger partial charge in [0.15, 0.2) is 0 Å². The summed E-state index contributed by atoms with van der Waals surface area (Å²) in [6.07, 6.45) is -1.42. The summed E-state index contributed by atoms with van der Waals surface area (Å²) in [5.41, 5.74) is 4.33. The molecule has 1 radical (unpaired) electrons. The van der Waals surface area contributed by atoms with Crippen molar-refractivity contribution >= 4 is 0 Å². The minimum absolute atomic E-state index is 1.42. The summed E-state index contributed by atoms with van der Waals surface area (Å²) in [7, 11) is 0. The van der Waals surface area contributed by atoms with E-state index in [1.54, 1.807) is 0 Å². The molecule has 0 amide bonds. The van der Waals surface area contributed by atoms with Gasteiger partial charge in [0.2, 0.25) is 0 Å². The first-order chi connectivity index (χ1) is 1.73. The van der Waals surface area contributed by atoms with Gasteiger partial charge in [-0.05, 0) is 6.92 Å². The van der Waals surface area contributed by atoms with Gasteiger partial charge in [0.05, 0.1) is 0 Å². The standard InChI is InChI=1S/C2H5FN/c1-2(3)4/h2H,1,4H2. The van der Waals surface area contributed by atoms with Crippen LogP contribution in [-0.4, -0.2) is 6.30 Å². The number of hydrogen-bond acceptors (Lipinski definition) is 1. The highest BCUT2D eigenvalue weighted by Crippen LogP contribution is 1.64. The largest absolute Gasteiger partial charge is 0.302 e. The van der Waals surface area contributed by atoms with Crippen molar-refractivity contribution in [2.75, 3.05) is 0 Å². The fourth-order valence-electron chi connectivity index (χ4n) is 0.